The summed E-state index contributed by atoms with van der Waals surface area (Å²) in [5.74, 6) is 0.846. The van der Waals surface area contributed by atoms with E-state index in [1.807, 2.05) is 24.3 Å². The van der Waals surface area contributed by atoms with Crippen molar-refractivity contribution in [2.24, 2.45) is 0 Å². The first-order valence-corrected chi connectivity index (χ1v) is 7.16. The lowest BCUT2D eigenvalue weighted by molar-refractivity contribution is 0.0920. The van der Waals surface area contributed by atoms with Gasteiger partial charge in [-0.25, -0.2) is 0 Å². The Bertz CT molecular complexity index is 427. The summed E-state index contributed by atoms with van der Waals surface area (Å²) in [4.78, 5) is 14.7. The fourth-order valence-electron chi connectivity index (χ4n) is 2.34. The normalized spacial score (nSPS) is 14.7. The van der Waals surface area contributed by atoms with Gasteiger partial charge in [0.15, 0.2) is 5.78 Å². The third kappa shape index (κ3) is 3.80. The van der Waals surface area contributed by atoms with Crippen LogP contribution in [0.5, 0.6) is 5.75 Å². The molecular formula is C16H23NO2. The fourth-order valence-corrected chi connectivity index (χ4v) is 2.34. The molecule has 1 aliphatic rings. The summed E-state index contributed by atoms with van der Waals surface area (Å²) >= 11 is 0. The summed E-state index contributed by atoms with van der Waals surface area (Å²) in [5.41, 5.74) is 0.701. The van der Waals surface area contributed by atoms with Gasteiger partial charge in [-0.3, -0.25) is 9.69 Å². The largest absolute Gasteiger partial charge is 0.496 e. The van der Waals surface area contributed by atoms with Crippen LogP contribution in [-0.4, -0.2) is 36.9 Å². The summed E-state index contributed by atoms with van der Waals surface area (Å²) in [6, 6.07) is 8.12. The van der Waals surface area contributed by atoms with Crippen LogP contribution in [0.2, 0.25) is 0 Å². The number of para-hydroxylation sites is 1. The zero-order valence-electron chi connectivity index (χ0n) is 11.9. The van der Waals surface area contributed by atoms with Crippen LogP contribution in [0.4, 0.5) is 0 Å². The minimum Gasteiger partial charge on any atom is -0.496 e. The maximum absolute atomic E-state index is 12.4. The third-order valence-corrected chi connectivity index (χ3v) is 3.62. The molecular weight excluding hydrogens is 238 g/mol. The van der Waals surface area contributed by atoms with E-state index in [0.29, 0.717) is 23.9 Å². The highest BCUT2D eigenvalue weighted by molar-refractivity contribution is 6.00. The molecule has 104 valence electrons. The second kappa shape index (κ2) is 6.71. The topological polar surface area (TPSA) is 29.5 Å². The van der Waals surface area contributed by atoms with Crippen molar-refractivity contribution < 1.29 is 9.53 Å². The highest BCUT2D eigenvalue weighted by atomic mass is 16.5. The number of carbonyl (C=O) groups is 1. The zero-order chi connectivity index (χ0) is 13.7. The fraction of sp³-hybridized carbons (Fsp3) is 0.562. The second-order valence-electron chi connectivity index (χ2n) is 5.18. The van der Waals surface area contributed by atoms with Gasteiger partial charge in [0.25, 0.3) is 0 Å². The Labute approximate surface area is 115 Å². The van der Waals surface area contributed by atoms with Crippen LogP contribution in [-0.2, 0) is 0 Å². The molecule has 1 fully saturated rings. The molecule has 0 spiro atoms. The summed E-state index contributed by atoms with van der Waals surface area (Å²) < 4.78 is 5.27. The number of methoxy groups -OCH3 is 1. The van der Waals surface area contributed by atoms with Gasteiger partial charge in [0.2, 0.25) is 0 Å². The van der Waals surface area contributed by atoms with Gasteiger partial charge in [0.05, 0.1) is 19.2 Å². The molecule has 1 saturated carbocycles. The highest BCUT2D eigenvalue weighted by Gasteiger charge is 2.30. The molecule has 0 bridgehead atoms. The SMILES string of the molecule is CCCCN(CC(=O)c1ccccc1OC)C1CC1. The van der Waals surface area contributed by atoms with Crippen molar-refractivity contribution in [3.05, 3.63) is 29.8 Å². The van der Waals surface area contributed by atoms with Gasteiger partial charge in [0.1, 0.15) is 5.75 Å². The Kier molecular flexibility index (Phi) is 4.97. The average molecular weight is 261 g/mol. The number of hydrogen-bond donors (Lipinski definition) is 0. The molecule has 0 radical (unpaired) electrons. The average Bonchev–Trinajstić information content (AvgIpc) is 3.27. The molecule has 0 unspecified atom stereocenters. The minimum atomic E-state index is 0.167. The lowest BCUT2D eigenvalue weighted by atomic mass is 10.1. The number of carbonyl (C=O) groups excluding carboxylic acids is 1. The van der Waals surface area contributed by atoms with E-state index in [4.69, 9.17) is 4.74 Å². The van der Waals surface area contributed by atoms with Crippen molar-refractivity contribution in [3.8, 4) is 5.75 Å². The number of nitrogens with zero attached hydrogens (tertiary/aromatic N) is 1. The Morgan fingerprint density at radius 1 is 1.37 bits per heavy atom. The molecule has 2 rings (SSSR count). The number of hydrogen-bond acceptors (Lipinski definition) is 3. The maximum atomic E-state index is 12.4. The maximum Gasteiger partial charge on any atom is 0.180 e. The molecule has 0 atom stereocenters. The first kappa shape index (κ1) is 14.1. The van der Waals surface area contributed by atoms with Gasteiger partial charge in [-0.1, -0.05) is 25.5 Å². The monoisotopic (exact) mass is 261 g/mol. The number of ether oxygens (including phenoxy) is 1. The quantitative estimate of drug-likeness (QED) is 0.673. The Balaban J connectivity index is 2.01. The van der Waals surface area contributed by atoms with Crippen molar-refractivity contribution in [1.82, 2.24) is 4.90 Å². The number of benzene rings is 1. The number of rotatable bonds is 8. The molecule has 0 amide bonds. The standard InChI is InChI=1S/C16H23NO2/c1-3-4-11-17(13-9-10-13)12-15(18)14-7-5-6-8-16(14)19-2/h5-8,13H,3-4,9-12H2,1-2H3. The lowest BCUT2D eigenvalue weighted by Gasteiger charge is -2.21. The van der Waals surface area contributed by atoms with E-state index >= 15 is 0 Å². The number of ketones is 1. The van der Waals surface area contributed by atoms with Gasteiger partial charge in [0, 0.05) is 6.04 Å². The molecule has 3 nitrogen and oxygen atoms in total. The van der Waals surface area contributed by atoms with E-state index in [1.165, 1.54) is 19.3 Å². The van der Waals surface area contributed by atoms with Crippen molar-refractivity contribution in [2.75, 3.05) is 20.2 Å². The Morgan fingerprint density at radius 3 is 2.74 bits per heavy atom. The third-order valence-electron chi connectivity index (χ3n) is 3.62. The minimum absolute atomic E-state index is 0.167. The molecule has 1 aliphatic carbocycles. The summed E-state index contributed by atoms with van der Waals surface area (Å²) in [7, 11) is 1.61. The van der Waals surface area contributed by atoms with E-state index < -0.39 is 0 Å². The molecule has 1 aromatic rings. The predicted octanol–water partition coefficient (Wildman–Crippen LogP) is 3.14. The van der Waals surface area contributed by atoms with Gasteiger partial charge < -0.3 is 4.74 Å². The van der Waals surface area contributed by atoms with Crippen LogP contribution in [0.3, 0.4) is 0 Å². The van der Waals surface area contributed by atoms with Gasteiger partial charge >= 0.3 is 0 Å². The first-order valence-electron chi connectivity index (χ1n) is 7.16. The molecule has 0 saturated heterocycles. The van der Waals surface area contributed by atoms with Gasteiger partial charge in [-0.15, -0.1) is 0 Å². The van der Waals surface area contributed by atoms with E-state index in [1.54, 1.807) is 7.11 Å². The lowest BCUT2D eigenvalue weighted by Crippen LogP contribution is -2.33. The van der Waals surface area contributed by atoms with Gasteiger partial charge in [-0.05, 0) is 37.9 Å². The van der Waals surface area contributed by atoms with Crippen molar-refractivity contribution in [1.29, 1.82) is 0 Å². The van der Waals surface area contributed by atoms with Crippen LogP contribution in [0, 0.1) is 0 Å². The van der Waals surface area contributed by atoms with Crippen molar-refractivity contribution in [2.45, 2.75) is 38.6 Å². The first-order chi connectivity index (χ1) is 9.26. The summed E-state index contributed by atoms with van der Waals surface area (Å²) in [6.45, 7) is 3.74. The molecule has 0 aliphatic heterocycles. The van der Waals surface area contributed by atoms with Crippen LogP contribution in [0.25, 0.3) is 0 Å². The Hall–Kier alpha value is -1.35. The molecule has 0 N–H and O–H groups in total. The van der Waals surface area contributed by atoms with Crippen LogP contribution < -0.4 is 4.74 Å². The Morgan fingerprint density at radius 2 is 2.11 bits per heavy atom. The molecule has 0 aromatic heterocycles. The van der Waals surface area contributed by atoms with E-state index in [0.717, 1.165) is 13.0 Å². The molecule has 1 aromatic carbocycles. The molecule has 0 heterocycles. The van der Waals surface area contributed by atoms with E-state index in [-0.39, 0.29) is 5.78 Å². The smallest absolute Gasteiger partial charge is 0.180 e. The van der Waals surface area contributed by atoms with Gasteiger partial charge in [-0.2, -0.15) is 0 Å². The zero-order valence-corrected chi connectivity index (χ0v) is 11.9. The molecule has 19 heavy (non-hydrogen) atoms. The number of unbranched alkanes of at least 4 members (excludes halogenated alkanes) is 1. The van der Waals surface area contributed by atoms with E-state index in [2.05, 4.69) is 11.8 Å². The molecule has 3 heteroatoms. The summed E-state index contributed by atoms with van der Waals surface area (Å²) in [5, 5.41) is 0. The van der Waals surface area contributed by atoms with Crippen molar-refractivity contribution >= 4 is 5.78 Å². The summed E-state index contributed by atoms with van der Waals surface area (Å²) in [6.07, 6.45) is 4.81. The number of Topliss-reactive ketones (excluding diaryl/α,β-unsaturated/α-hetero) is 1. The van der Waals surface area contributed by atoms with Crippen LogP contribution in [0.1, 0.15) is 43.0 Å². The highest BCUT2D eigenvalue weighted by Crippen LogP contribution is 2.28. The van der Waals surface area contributed by atoms with Crippen LogP contribution >= 0.6 is 0 Å². The van der Waals surface area contributed by atoms with Crippen molar-refractivity contribution in [3.63, 3.8) is 0 Å². The van der Waals surface area contributed by atoms with E-state index in [9.17, 15) is 4.79 Å². The predicted molar refractivity (Wildman–Crippen MR) is 76.8 cm³/mol. The second-order valence-corrected chi connectivity index (χ2v) is 5.18. The van der Waals surface area contributed by atoms with Crippen LogP contribution in [0.15, 0.2) is 24.3 Å².